The van der Waals surface area contributed by atoms with Crippen molar-refractivity contribution in [1.29, 1.82) is 0 Å². The number of benzene rings is 1. The third kappa shape index (κ3) is 2.70. The summed E-state index contributed by atoms with van der Waals surface area (Å²) in [5.41, 5.74) is 1.89. The Labute approximate surface area is 128 Å². The molecule has 1 aromatic carbocycles. The van der Waals surface area contributed by atoms with Gasteiger partial charge >= 0.3 is 0 Å². The van der Waals surface area contributed by atoms with Crippen LogP contribution >= 0.6 is 0 Å². The fourth-order valence-corrected chi connectivity index (χ4v) is 4.66. The smallest absolute Gasteiger partial charge is 0.123 e. The average molecular weight is 285 g/mol. The molecule has 0 saturated heterocycles. The zero-order chi connectivity index (χ0) is 14.4. The number of para-hydroxylation sites is 1. The molecule has 114 valence electrons. The highest BCUT2D eigenvalue weighted by Gasteiger charge is 2.54. The van der Waals surface area contributed by atoms with Gasteiger partial charge in [-0.1, -0.05) is 32.0 Å². The van der Waals surface area contributed by atoms with Gasteiger partial charge in [0.2, 0.25) is 0 Å². The van der Waals surface area contributed by atoms with E-state index in [0.29, 0.717) is 17.6 Å². The Bertz CT molecular complexity index is 489. The number of ether oxygens (including phenoxy) is 1. The summed E-state index contributed by atoms with van der Waals surface area (Å²) >= 11 is 0. The van der Waals surface area contributed by atoms with Crippen molar-refractivity contribution in [2.24, 2.45) is 17.3 Å². The van der Waals surface area contributed by atoms with Crippen molar-refractivity contribution in [1.82, 2.24) is 5.32 Å². The summed E-state index contributed by atoms with van der Waals surface area (Å²) in [6.45, 7) is 5.69. The number of rotatable bonds is 5. The molecule has 1 aliphatic heterocycles. The van der Waals surface area contributed by atoms with E-state index in [0.717, 1.165) is 24.0 Å². The van der Waals surface area contributed by atoms with Crippen LogP contribution in [0.5, 0.6) is 5.75 Å². The van der Waals surface area contributed by atoms with Gasteiger partial charge in [-0.05, 0) is 54.6 Å². The molecule has 0 amide bonds. The van der Waals surface area contributed by atoms with Gasteiger partial charge in [0.25, 0.3) is 0 Å². The molecule has 0 bridgehead atoms. The highest BCUT2D eigenvalue weighted by atomic mass is 16.5. The van der Waals surface area contributed by atoms with Crippen molar-refractivity contribution in [3.8, 4) is 5.75 Å². The number of hydrogen-bond acceptors (Lipinski definition) is 2. The van der Waals surface area contributed by atoms with Gasteiger partial charge in [-0.2, -0.15) is 0 Å². The van der Waals surface area contributed by atoms with Crippen molar-refractivity contribution in [2.45, 2.75) is 58.1 Å². The fraction of sp³-hybridized carbons (Fsp3) is 0.684. The third-order valence-corrected chi connectivity index (χ3v) is 5.72. The molecule has 3 unspecified atom stereocenters. The summed E-state index contributed by atoms with van der Waals surface area (Å²) in [4.78, 5) is 0. The fourth-order valence-electron chi connectivity index (χ4n) is 4.66. The molecular formula is C19H27NO. The van der Waals surface area contributed by atoms with E-state index in [1.165, 1.54) is 37.8 Å². The first-order valence-corrected chi connectivity index (χ1v) is 8.61. The average Bonchev–Trinajstić information content (AvgIpc) is 2.90. The largest absolute Gasteiger partial charge is 0.490 e. The summed E-state index contributed by atoms with van der Waals surface area (Å²) in [6, 6.07) is 9.15. The van der Waals surface area contributed by atoms with Crippen LogP contribution in [0.1, 0.15) is 45.1 Å². The van der Waals surface area contributed by atoms with Gasteiger partial charge in [-0.3, -0.25) is 0 Å². The predicted molar refractivity (Wildman–Crippen MR) is 85.6 cm³/mol. The maximum atomic E-state index is 6.22. The lowest BCUT2D eigenvalue weighted by Crippen LogP contribution is -2.40. The molecule has 0 aromatic heterocycles. The van der Waals surface area contributed by atoms with Gasteiger partial charge in [-0.25, -0.2) is 0 Å². The molecule has 2 fully saturated rings. The van der Waals surface area contributed by atoms with E-state index in [9.17, 15) is 0 Å². The lowest BCUT2D eigenvalue weighted by Gasteiger charge is -2.34. The number of hydrogen-bond donors (Lipinski definition) is 1. The maximum absolute atomic E-state index is 6.22. The normalized spacial score (nSPS) is 36.4. The molecule has 3 aliphatic rings. The molecule has 3 atom stereocenters. The van der Waals surface area contributed by atoms with E-state index in [1.807, 2.05) is 0 Å². The summed E-state index contributed by atoms with van der Waals surface area (Å²) in [5.74, 6) is 3.18. The van der Waals surface area contributed by atoms with Gasteiger partial charge in [-0.15, -0.1) is 0 Å². The molecule has 1 aromatic rings. The SMILES string of the molecule is CC(C)NCC1(CC2Cc3ccccc3O2)CC2CC2C1. The minimum Gasteiger partial charge on any atom is -0.490 e. The van der Waals surface area contributed by atoms with Gasteiger partial charge in [0, 0.05) is 19.0 Å². The molecule has 1 N–H and O–H groups in total. The molecule has 21 heavy (non-hydrogen) atoms. The predicted octanol–water partition coefficient (Wildman–Crippen LogP) is 3.79. The summed E-state index contributed by atoms with van der Waals surface area (Å²) in [6.07, 6.45) is 7.08. The van der Waals surface area contributed by atoms with Crippen LogP contribution < -0.4 is 10.1 Å². The van der Waals surface area contributed by atoms with Crippen molar-refractivity contribution >= 4 is 0 Å². The second-order valence-electron chi connectivity index (χ2n) is 7.96. The second-order valence-corrected chi connectivity index (χ2v) is 7.96. The van der Waals surface area contributed by atoms with E-state index >= 15 is 0 Å². The van der Waals surface area contributed by atoms with E-state index in [-0.39, 0.29) is 0 Å². The van der Waals surface area contributed by atoms with Crippen LogP contribution in [-0.4, -0.2) is 18.7 Å². The summed E-state index contributed by atoms with van der Waals surface area (Å²) in [5, 5.41) is 3.71. The standard InChI is InChI=1S/C19H27NO/c1-13(2)20-12-19(9-15-7-16(15)10-19)11-17-8-14-5-3-4-6-18(14)21-17/h3-6,13,15-17,20H,7-12H2,1-2H3. The van der Waals surface area contributed by atoms with Crippen molar-refractivity contribution in [3.63, 3.8) is 0 Å². The molecule has 0 spiro atoms. The first kappa shape index (κ1) is 13.6. The minimum atomic E-state index is 0.397. The van der Waals surface area contributed by atoms with Crippen LogP contribution in [0, 0.1) is 17.3 Å². The Hall–Kier alpha value is -1.02. The van der Waals surface area contributed by atoms with Crippen molar-refractivity contribution < 1.29 is 4.74 Å². The van der Waals surface area contributed by atoms with Crippen molar-refractivity contribution in [3.05, 3.63) is 29.8 Å². The van der Waals surface area contributed by atoms with Crippen LogP contribution in [-0.2, 0) is 6.42 Å². The van der Waals surface area contributed by atoms with Gasteiger partial charge in [0.1, 0.15) is 11.9 Å². The Morgan fingerprint density at radius 1 is 1.24 bits per heavy atom. The van der Waals surface area contributed by atoms with Crippen LogP contribution in [0.2, 0.25) is 0 Å². The van der Waals surface area contributed by atoms with Crippen LogP contribution in [0.25, 0.3) is 0 Å². The molecule has 1 heterocycles. The topological polar surface area (TPSA) is 21.3 Å². The third-order valence-electron chi connectivity index (χ3n) is 5.72. The molecule has 2 aliphatic carbocycles. The van der Waals surface area contributed by atoms with Gasteiger partial charge in [0.15, 0.2) is 0 Å². The quantitative estimate of drug-likeness (QED) is 0.888. The highest BCUT2D eigenvalue weighted by Crippen LogP contribution is 2.61. The first-order chi connectivity index (χ1) is 10.1. The zero-order valence-corrected chi connectivity index (χ0v) is 13.3. The molecule has 0 radical (unpaired) electrons. The number of nitrogens with one attached hydrogen (secondary N) is 1. The summed E-state index contributed by atoms with van der Waals surface area (Å²) in [7, 11) is 0. The van der Waals surface area contributed by atoms with E-state index in [2.05, 4.69) is 43.4 Å². The van der Waals surface area contributed by atoms with E-state index in [4.69, 9.17) is 4.74 Å². The highest BCUT2D eigenvalue weighted by molar-refractivity contribution is 5.37. The van der Waals surface area contributed by atoms with E-state index < -0.39 is 0 Å². The molecule has 2 saturated carbocycles. The Balaban J connectivity index is 1.44. The zero-order valence-electron chi connectivity index (χ0n) is 13.3. The minimum absolute atomic E-state index is 0.397. The Morgan fingerprint density at radius 3 is 2.71 bits per heavy atom. The lowest BCUT2D eigenvalue weighted by atomic mass is 9.77. The molecule has 2 nitrogen and oxygen atoms in total. The van der Waals surface area contributed by atoms with Crippen LogP contribution in [0.3, 0.4) is 0 Å². The maximum Gasteiger partial charge on any atom is 0.123 e. The lowest BCUT2D eigenvalue weighted by molar-refractivity contribution is 0.122. The Morgan fingerprint density at radius 2 is 2.00 bits per heavy atom. The first-order valence-electron chi connectivity index (χ1n) is 8.61. The number of fused-ring (bicyclic) bond motifs is 2. The molecule has 2 heteroatoms. The van der Waals surface area contributed by atoms with Gasteiger partial charge < -0.3 is 10.1 Å². The molecular weight excluding hydrogens is 258 g/mol. The van der Waals surface area contributed by atoms with E-state index in [1.54, 1.807) is 0 Å². The monoisotopic (exact) mass is 285 g/mol. The van der Waals surface area contributed by atoms with Crippen LogP contribution in [0.4, 0.5) is 0 Å². The van der Waals surface area contributed by atoms with Crippen molar-refractivity contribution in [2.75, 3.05) is 6.54 Å². The van der Waals surface area contributed by atoms with Gasteiger partial charge in [0.05, 0.1) is 0 Å². The summed E-state index contributed by atoms with van der Waals surface area (Å²) < 4.78 is 6.22. The molecule has 4 rings (SSSR count). The second kappa shape index (κ2) is 5.01. The Kier molecular flexibility index (Phi) is 3.25. The van der Waals surface area contributed by atoms with Crippen LogP contribution in [0.15, 0.2) is 24.3 Å².